The van der Waals surface area contributed by atoms with E-state index in [1.165, 1.54) is 18.2 Å². The smallest absolute Gasteiger partial charge is 0.356 e. The minimum Gasteiger partial charge on any atom is -0.476 e. The summed E-state index contributed by atoms with van der Waals surface area (Å²) in [5.74, 6) is -1.61. The van der Waals surface area contributed by atoms with E-state index < -0.39 is 11.8 Å². The van der Waals surface area contributed by atoms with E-state index in [1.54, 1.807) is 12.1 Å². The molecule has 2 aromatic rings. The van der Waals surface area contributed by atoms with E-state index >= 15 is 0 Å². The van der Waals surface area contributed by atoms with Crippen molar-refractivity contribution in [2.75, 3.05) is 0 Å². The van der Waals surface area contributed by atoms with Crippen molar-refractivity contribution >= 4 is 21.9 Å². The van der Waals surface area contributed by atoms with Crippen LogP contribution in [-0.4, -0.2) is 21.3 Å². The van der Waals surface area contributed by atoms with Gasteiger partial charge in [-0.15, -0.1) is 10.2 Å². The van der Waals surface area contributed by atoms with E-state index in [4.69, 9.17) is 5.11 Å². The van der Waals surface area contributed by atoms with E-state index in [1.807, 2.05) is 0 Å². The number of aromatic nitrogens is 2. The number of nitrogens with zero attached hydrogens (tertiary/aromatic N) is 2. The van der Waals surface area contributed by atoms with Gasteiger partial charge in [0.2, 0.25) is 0 Å². The molecule has 1 N–H and O–H groups in total. The molecule has 0 saturated carbocycles. The molecule has 0 aliphatic heterocycles. The molecule has 1 aromatic carbocycles. The molecule has 0 bridgehead atoms. The van der Waals surface area contributed by atoms with Crippen molar-refractivity contribution in [3.8, 4) is 11.3 Å². The molecule has 0 radical (unpaired) electrons. The van der Waals surface area contributed by atoms with Crippen LogP contribution in [0, 0.1) is 5.82 Å². The van der Waals surface area contributed by atoms with Crippen LogP contribution in [0.4, 0.5) is 4.39 Å². The van der Waals surface area contributed by atoms with Crippen LogP contribution in [0.2, 0.25) is 0 Å². The number of carbonyl (C=O) groups is 1. The van der Waals surface area contributed by atoms with Crippen molar-refractivity contribution in [2.45, 2.75) is 0 Å². The number of hydrogen-bond donors (Lipinski definition) is 1. The summed E-state index contributed by atoms with van der Waals surface area (Å²) in [4.78, 5) is 10.6. The monoisotopic (exact) mass is 296 g/mol. The molecule has 0 atom stereocenters. The molecule has 0 fully saturated rings. The van der Waals surface area contributed by atoms with Gasteiger partial charge in [-0.25, -0.2) is 9.18 Å². The zero-order valence-electron chi connectivity index (χ0n) is 8.39. The summed E-state index contributed by atoms with van der Waals surface area (Å²) in [7, 11) is 0. The highest BCUT2D eigenvalue weighted by Gasteiger charge is 2.10. The molecule has 0 spiro atoms. The van der Waals surface area contributed by atoms with Crippen LogP contribution < -0.4 is 0 Å². The lowest BCUT2D eigenvalue weighted by atomic mass is 10.1. The van der Waals surface area contributed by atoms with Gasteiger partial charge in [-0.1, -0.05) is 15.9 Å². The zero-order chi connectivity index (χ0) is 12.4. The predicted octanol–water partition coefficient (Wildman–Crippen LogP) is 2.74. The minimum atomic E-state index is -1.17. The molecule has 6 heteroatoms. The lowest BCUT2D eigenvalue weighted by molar-refractivity contribution is 0.0689. The van der Waals surface area contributed by atoms with Crippen molar-refractivity contribution in [3.63, 3.8) is 0 Å². The molecule has 0 unspecified atom stereocenters. The largest absolute Gasteiger partial charge is 0.476 e. The number of halogens is 2. The van der Waals surface area contributed by atoms with Gasteiger partial charge in [0.25, 0.3) is 0 Å². The first-order valence-corrected chi connectivity index (χ1v) is 5.39. The topological polar surface area (TPSA) is 63.1 Å². The Hall–Kier alpha value is -1.82. The average molecular weight is 297 g/mol. The fraction of sp³-hybridized carbons (Fsp3) is 0. The second kappa shape index (κ2) is 4.58. The Labute approximate surface area is 104 Å². The van der Waals surface area contributed by atoms with Gasteiger partial charge < -0.3 is 5.11 Å². The maximum Gasteiger partial charge on any atom is 0.356 e. The quantitative estimate of drug-likeness (QED) is 0.925. The second-order valence-corrected chi connectivity index (χ2v) is 4.15. The van der Waals surface area contributed by atoms with Crippen LogP contribution in [-0.2, 0) is 0 Å². The third-order valence-electron chi connectivity index (χ3n) is 2.09. The first-order valence-electron chi connectivity index (χ1n) is 4.60. The molecule has 0 saturated heterocycles. The van der Waals surface area contributed by atoms with Gasteiger partial charge in [0, 0.05) is 10.0 Å². The summed E-state index contributed by atoms with van der Waals surface area (Å²) in [5, 5.41) is 15.8. The predicted molar refractivity (Wildman–Crippen MR) is 62.1 cm³/mol. The number of carboxylic acids is 1. The third-order valence-corrected chi connectivity index (χ3v) is 2.58. The van der Waals surface area contributed by atoms with Crippen LogP contribution >= 0.6 is 15.9 Å². The van der Waals surface area contributed by atoms with Crippen molar-refractivity contribution < 1.29 is 14.3 Å². The second-order valence-electron chi connectivity index (χ2n) is 3.23. The highest BCUT2D eigenvalue weighted by Crippen LogP contribution is 2.24. The Balaban J connectivity index is 2.46. The summed E-state index contributed by atoms with van der Waals surface area (Å²) in [6.07, 6.45) is 0. The molecule has 0 amide bonds. The molecule has 2 rings (SSSR count). The number of rotatable bonds is 2. The Morgan fingerprint density at radius 3 is 2.59 bits per heavy atom. The van der Waals surface area contributed by atoms with Gasteiger partial charge in [0.05, 0.1) is 5.69 Å². The molecule has 1 heterocycles. The molecule has 86 valence electrons. The lowest BCUT2D eigenvalue weighted by Gasteiger charge is -2.02. The number of benzene rings is 1. The zero-order valence-corrected chi connectivity index (χ0v) is 9.98. The van der Waals surface area contributed by atoms with E-state index in [2.05, 4.69) is 26.1 Å². The fourth-order valence-electron chi connectivity index (χ4n) is 1.28. The molecule has 17 heavy (non-hydrogen) atoms. The van der Waals surface area contributed by atoms with Crippen LogP contribution in [0.3, 0.4) is 0 Å². The van der Waals surface area contributed by atoms with Crippen molar-refractivity contribution in [2.24, 2.45) is 0 Å². The normalized spacial score (nSPS) is 10.2. The SMILES string of the molecule is O=C(O)c1ccc(-c2cc(Br)ccc2F)nn1. The third kappa shape index (κ3) is 2.47. The summed E-state index contributed by atoms with van der Waals surface area (Å²) >= 11 is 3.22. The first kappa shape index (κ1) is 11.7. The van der Waals surface area contributed by atoms with Crippen LogP contribution in [0.25, 0.3) is 11.3 Å². The maximum atomic E-state index is 13.5. The summed E-state index contributed by atoms with van der Waals surface area (Å²) < 4.78 is 14.2. The molecule has 0 aliphatic carbocycles. The van der Waals surface area contributed by atoms with Gasteiger partial charge in [0.1, 0.15) is 5.82 Å². The summed E-state index contributed by atoms with van der Waals surface area (Å²) in [6, 6.07) is 7.12. The fourth-order valence-corrected chi connectivity index (χ4v) is 1.64. The Morgan fingerprint density at radius 1 is 1.24 bits per heavy atom. The number of hydrogen-bond acceptors (Lipinski definition) is 3. The average Bonchev–Trinajstić information content (AvgIpc) is 2.32. The lowest BCUT2D eigenvalue weighted by Crippen LogP contribution is -2.02. The van der Waals surface area contributed by atoms with Gasteiger partial charge in [-0.2, -0.15) is 0 Å². The van der Waals surface area contributed by atoms with Crippen LogP contribution in [0.1, 0.15) is 10.5 Å². The summed E-state index contributed by atoms with van der Waals surface area (Å²) in [5.41, 5.74) is 0.377. The molecular formula is C11H6BrFN2O2. The molecule has 4 nitrogen and oxygen atoms in total. The molecule has 0 aliphatic rings. The van der Waals surface area contributed by atoms with E-state index in [0.717, 1.165) is 0 Å². The summed E-state index contributed by atoms with van der Waals surface area (Å²) in [6.45, 7) is 0. The Bertz CT molecular complexity index is 572. The standard InChI is InChI=1S/C11H6BrFN2O2/c12-6-1-2-8(13)7(5-6)9-3-4-10(11(16)17)15-14-9/h1-5H,(H,16,17). The Kier molecular flexibility index (Phi) is 3.14. The van der Waals surface area contributed by atoms with Gasteiger partial charge in [0.15, 0.2) is 5.69 Å². The van der Waals surface area contributed by atoms with Crippen LogP contribution in [0.5, 0.6) is 0 Å². The first-order chi connectivity index (χ1) is 8.08. The maximum absolute atomic E-state index is 13.5. The van der Waals surface area contributed by atoms with Crippen molar-refractivity contribution in [3.05, 3.63) is 46.3 Å². The molecule has 1 aromatic heterocycles. The van der Waals surface area contributed by atoms with E-state index in [0.29, 0.717) is 4.47 Å². The van der Waals surface area contributed by atoms with Crippen molar-refractivity contribution in [1.82, 2.24) is 10.2 Å². The van der Waals surface area contributed by atoms with E-state index in [9.17, 15) is 9.18 Å². The highest BCUT2D eigenvalue weighted by atomic mass is 79.9. The number of aromatic carboxylic acids is 1. The van der Waals surface area contributed by atoms with Crippen LogP contribution in [0.15, 0.2) is 34.8 Å². The Morgan fingerprint density at radius 2 is 2.00 bits per heavy atom. The highest BCUT2D eigenvalue weighted by molar-refractivity contribution is 9.10. The molecular weight excluding hydrogens is 291 g/mol. The van der Waals surface area contributed by atoms with Crippen molar-refractivity contribution in [1.29, 1.82) is 0 Å². The van der Waals surface area contributed by atoms with E-state index in [-0.39, 0.29) is 17.0 Å². The van der Waals surface area contributed by atoms with Gasteiger partial charge in [-0.3, -0.25) is 0 Å². The van der Waals surface area contributed by atoms with Gasteiger partial charge >= 0.3 is 5.97 Å². The van der Waals surface area contributed by atoms with Gasteiger partial charge in [-0.05, 0) is 30.3 Å². The number of carboxylic acid groups (broad SMARTS) is 1. The minimum absolute atomic E-state index is 0.177.